The monoisotopic (exact) mass is 329 g/mol. The summed E-state index contributed by atoms with van der Waals surface area (Å²) in [6.45, 7) is 2.26. The molecular weight excluding hydrogens is 302 g/mol. The molecule has 2 rings (SSSR count). The highest BCUT2D eigenvalue weighted by molar-refractivity contribution is 5.94. The molecule has 24 heavy (non-hydrogen) atoms. The maximum Gasteiger partial charge on any atom is 0.244 e. The van der Waals surface area contributed by atoms with Gasteiger partial charge >= 0.3 is 0 Å². The van der Waals surface area contributed by atoms with Crippen molar-refractivity contribution in [2.75, 3.05) is 38.6 Å². The van der Waals surface area contributed by atoms with Crippen molar-refractivity contribution < 1.29 is 9.59 Å². The van der Waals surface area contributed by atoms with Gasteiger partial charge in [-0.2, -0.15) is 0 Å². The summed E-state index contributed by atoms with van der Waals surface area (Å²) in [6, 6.07) is 8.26. The van der Waals surface area contributed by atoms with Crippen molar-refractivity contribution in [1.29, 1.82) is 0 Å². The standard InChI is InChI=1S/C19H27N3O2/c1-21(2)19(24)15-20-18(23)12-9-16-7-10-17(11-8-16)22-13-5-3-4-6-14-22/h7-12H,3-6,13-15H2,1-2H3,(H,20,23)/b12-9+. The largest absolute Gasteiger partial charge is 0.372 e. The molecule has 1 fully saturated rings. The van der Waals surface area contributed by atoms with E-state index in [1.54, 1.807) is 20.2 Å². The second-order valence-corrected chi connectivity index (χ2v) is 6.33. The van der Waals surface area contributed by atoms with E-state index in [4.69, 9.17) is 0 Å². The number of nitrogens with one attached hydrogen (secondary N) is 1. The number of anilines is 1. The summed E-state index contributed by atoms with van der Waals surface area (Å²) in [5.41, 5.74) is 2.22. The zero-order valence-electron chi connectivity index (χ0n) is 14.6. The van der Waals surface area contributed by atoms with Crippen LogP contribution in [-0.4, -0.2) is 50.4 Å². The fraction of sp³-hybridized carbons (Fsp3) is 0.474. The molecule has 0 saturated carbocycles. The topological polar surface area (TPSA) is 52.7 Å². The van der Waals surface area contributed by atoms with Crippen LogP contribution < -0.4 is 10.2 Å². The molecule has 130 valence electrons. The van der Waals surface area contributed by atoms with Gasteiger partial charge in [0.25, 0.3) is 0 Å². The van der Waals surface area contributed by atoms with E-state index in [0.717, 1.165) is 18.7 Å². The van der Waals surface area contributed by atoms with Crippen LogP contribution in [0, 0.1) is 0 Å². The first-order valence-electron chi connectivity index (χ1n) is 8.57. The molecule has 1 heterocycles. The Balaban J connectivity index is 1.86. The smallest absolute Gasteiger partial charge is 0.244 e. The lowest BCUT2D eigenvalue weighted by Crippen LogP contribution is -2.35. The third-order valence-electron chi connectivity index (χ3n) is 4.20. The number of carbonyl (C=O) groups is 2. The predicted molar refractivity (Wildman–Crippen MR) is 97.9 cm³/mol. The lowest BCUT2D eigenvalue weighted by atomic mass is 10.1. The van der Waals surface area contributed by atoms with Gasteiger partial charge < -0.3 is 15.1 Å². The molecule has 0 unspecified atom stereocenters. The summed E-state index contributed by atoms with van der Waals surface area (Å²) >= 11 is 0. The van der Waals surface area contributed by atoms with E-state index < -0.39 is 0 Å². The zero-order valence-corrected chi connectivity index (χ0v) is 14.6. The van der Waals surface area contributed by atoms with Gasteiger partial charge in [0.05, 0.1) is 6.54 Å². The summed E-state index contributed by atoms with van der Waals surface area (Å²) in [7, 11) is 3.33. The van der Waals surface area contributed by atoms with Gasteiger partial charge in [-0.25, -0.2) is 0 Å². The molecule has 1 aromatic rings. The third-order valence-corrected chi connectivity index (χ3v) is 4.20. The molecule has 0 aromatic heterocycles. The first-order valence-corrected chi connectivity index (χ1v) is 8.57. The van der Waals surface area contributed by atoms with Crippen LogP contribution in [0.5, 0.6) is 0 Å². The third kappa shape index (κ3) is 5.72. The first-order chi connectivity index (χ1) is 11.6. The Hall–Kier alpha value is -2.30. The van der Waals surface area contributed by atoms with E-state index in [1.165, 1.54) is 42.3 Å². The van der Waals surface area contributed by atoms with Crippen molar-refractivity contribution >= 4 is 23.6 Å². The number of rotatable bonds is 5. The van der Waals surface area contributed by atoms with E-state index >= 15 is 0 Å². The molecular formula is C19H27N3O2. The summed E-state index contributed by atoms with van der Waals surface area (Å²) in [5.74, 6) is -0.389. The number of carbonyl (C=O) groups excluding carboxylic acids is 2. The van der Waals surface area contributed by atoms with E-state index in [-0.39, 0.29) is 18.4 Å². The van der Waals surface area contributed by atoms with Crippen LogP contribution in [0.3, 0.4) is 0 Å². The Labute approximate surface area is 144 Å². The molecule has 0 radical (unpaired) electrons. The van der Waals surface area contributed by atoms with Crippen molar-refractivity contribution in [3.63, 3.8) is 0 Å². The summed E-state index contributed by atoms with van der Waals surface area (Å²) in [4.78, 5) is 27.0. The SMILES string of the molecule is CN(C)C(=O)CNC(=O)/C=C/c1ccc(N2CCCCCC2)cc1. The first kappa shape index (κ1) is 18.0. The van der Waals surface area contributed by atoms with Crippen LogP contribution in [-0.2, 0) is 9.59 Å². The zero-order chi connectivity index (χ0) is 17.4. The van der Waals surface area contributed by atoms with Crippen LogP contribution >= 0.6 is 0 Å². The molecule has 2 amide bonds. The Morgan fingerprint density at radius 1 is 1.08 bits per heavy atom. The van der Waals surface area contributed by atoms with Gasteiger partial charge in [-0.15, -0.1) is 0 Å². The highest BCUT2D eigenvalue weighted by Crippen LogP contribution is 2.20. The summed E-state index contributed by atoms with van der Waals surface area (Å²) in [5, 5.41) is 2.58. The molecule has 0 bridgehead atoms. The Morgan fingerprint density at radius 2 is 1.71 bits per heavy atom. The molecule has 1 aromatic carbocycles. The molecule has 1 aliphatic heterocycles. The Kier molecular flexibility index (Phi) is 6.85. The van der Waals surface area contributed by atoms with Crippen LogP contribution in [0.15, 0.2) is 30.3 Å². The minimum atomic E-state index is -0.262. The van der Waals surface area contributed by atoms with Crippen LogP contribution in [0.1, 0.15) is 31.2 Å². The lowest BCUT2D eigenvalue weighted by molar-refractivity contribution is -0.129. The summed E-state index contributed by atoms with van der Waals surface area (Å²) < 4.78 is 0. The van der Waals surface area contributed by atoms with Gasteiger partial charge in [0.15, 0.2) is 0 Å². The number of likely N-dealkylation sites (N-methyl/N-ethyl adjacent to an activating group) is 1. The van der Waals surface area contributed by atoms with Crippen molar-refractivity contribution in [2.24, 2.45) is 0 Å². The summed E-state index contributed by atoms with van der Waals surface area (Å²) in [6.07, 6.45) is 8.39. The highest BCUT2D eigenvalue weighted by atomic mass is 16.2. The molecule has 5 heteroatoms. The Bertz CT molecular complexity index is 571. The highest BCUT2D eigenvalue weighted by Gasteiger charge is 2.09. The van der Waals surface area contributed by atoms with Gasteiger partial charge in [-0.05, 0) is 36.6 Å². The van der Waals surface area contributed by atoms with Crippen molar-refractivity contribution in [3.05, 3.63) is 35.9 Å². The van der Waals surface area contributed by atoms with Crippen molar-refractivity contribution in [1.82, 2.24) is 10.2 Å². The molecule has 1 N–H and O–H groups in total. The Morgan fingerprint density at radius 3 is 2.29 bits per heavy atom. The quantitative estimate of drug-likeness (QED) is 0.843. The second-order valence-electron chi connectivity index (χ2n) is 6.33. The minimum absolute atomic E-state index is 0.0179. The van der Waals surface area contributed by atoms with Gasteiger partial charge in [-0.1, -0.05) is 25.0 Å². The number of benzene rings is 1. The molecule has 0 atom stereocenters. The molecule has 0 spiro atoms. The fourth-order valence-corrected chi connectivity index (χ4v) is 2.68. The van der Waals surface area contributed by atoms with Crippen molar-refractivity contribution in [3.8, 4) is 0 Å². The van der Waals surface area contributed by atoms with E-state index in [9.17, 15) is 9.59 Å². The number of hydrogen-bond donors (Lipinski definition) is 1. The predicted octanol–water partition coefficient (Wildman–Crippen LogP) is 2.28. The van der Waals surface area contributed by atoms with Gasteiger partial charge in [-0.3, -0.25) is 9.59 Å². The van der Waals surface area contributed by atoms with Crippen LogP contribution in [0.25, 0.3) is 6.08 Å². The van der Waals surface area contributed by atoms with Gasteiger partial charge in [0.2, 0.25) is 11.8 Å². The van der Waals surface area contributed by atoms with Crippen LogP contribution in [0.4, 0.5) is 5.69 Å². The van der Waals surface area contributed by atoms with Gasteiger partial charge in [0, 0.05) is 38.9 Å². The second kappa shape index (κ2) is 9.11. The average molecular weight is 329 g/mol. The van der Waals surface area contributed by atoms with Crippen molar-refractivity contribution in [2.45, 2.75) is 25.7 Å². The van der Waals surface area contributed by atoms with E-state index in [0.29, 0.717) is 0 Å². The maximum absolute atomic E-state index is 11.7. The lowest BCUT2D eigenvalue weighted by Gasteiger charge is -2.22. The molecule has 0 aliphatic carbocycles. The maximum atomic E-state index is 11.7. The minimum Gasteiger partial charge on any atom is -0.372 e. The van der Waals surface area contributed by atoms with Gasteiger partial charge in [0.1, 0.15) is 0 Å². The fourth-order valence-electron chi connectivity index (χ4n) is 2.68. The van der Waals surface area contributed by atoms with E-state index in [2.05, 4.69) is 22.3 Å². The number of amides is 2. The molecule has 1 aliphatic rings. The normalized spacial score (nSPS) is 15.2. The average Bonchev–Trinajstić information content (AvgIpc) is 2.87. The van der Waals surface area contributed by atoms with Crippen LogP contribution in [0.2, 0.25) is 0 Å². The number of hydrogen-bond acceptors (Lipinski definition) is 3. The molecule has 1 saturated heterocycles. The number of nitrogens with zero attached hydrogens (tertiary/aromatic N) is 2. The van der Waals surface area contributed by atoms with E-state index in [1.807, 2.05) is 12.1 Å². The molecule has 5 nitrogen and oxygen atoms in total.